The van der Waals surface area contributed by atoms with E-state index in [9.17, 15) is 19.1 Å². The standard InChI is InChI=1S/C23H23FN4O3/c1-14-17-4-2-16(13-20(17)26-25-14)15-3-5-18(19(24)12-15)21(29)27-8-10-28(11-9-27)22(30)23(31)6-7-23/h2-5,12-13,31H,6-11H2,1H3,(H,25,26). The summed E-state index contributed by atoms with van der Waals surface area (Å²) in [7, 11) is 0. The van der Waals surface area contributed by atoms with Gasteiger partial charge in [-0.25, -0.2) is 4.39 Å². The lowest BCUT2D eigenvalue weighted by Crippen LogP contribution is -2.53. The SMILES string of the molecule is Cc1n[nH]c2cc(-c3ccc(C(=O)N4CCN(C(=O)C5(O)CC5)CC4)c(F)c3)ccc12. The summed E-state index contributed by atoms with van der Waals surface area (Å²) < 4.78 is 14.9. The number of carbonyl (C=O) groups is 2. The van der Waals surface area contributed by atoms with Gasteiger partial charge >= 0.3 is 0 Å². The highest BCUT2D eigenvalue weighted by molar-refractivity contribution is 5.96. The molecule has 2 amide bonds. The predicted molar refractivity (Wildman–Crippen MR) is 113 cm³/mol. The number of aryl methyl sites for hydroxylation is 1. The molecule has 1 saturated carbocycles. The number of amides is 2. The monoisotopic (exact) mass is 422 g/mol. The maximum absolute atomic E-state index is 14.9. The van der Waals surface area contributed by atoms with Crippen LogP contribution in [0.3, 0.4) is 0 Å². The van der Waals surface area contributed by atoms with Crippen LogP contribution in [0.1, 0.15) is 28.9 Å². The van der Waals surface area contributed by atoms with Crippen molar-refractivity contribution in [3.63, 3.8) is 0 Å². The highest BCUT2D eigenvalue weighted by atomic mass is 19.1. The van der Waals surface area contributed by atoms with Crippen molar-refractivity contribution in [1.82, 2.24) is 20.0 Å². The summed E-state index contributed by atoms with van der Waals surface area (Å²) in [6, 6.07) is 10.4. The van der Waals surface area contributed by atoms with Crippen LogP contribution in [0.15, 0.2) is 36.4 Å². The third-order valence-corrected chi connectivity index (χ3v) is 6.26. The molecule has 5 rings (SSSR count). The second-order valence-corrected chi connectivity index (χ2v) is 8.38. The molecule has 0 radical (unpaired) electrons. The van der Waals surface area contributed by atoms with Crippen LogP contribution in [0, 0.1) is 12.7 Å². The van der Waals surface area contributed by atoms with Gasteiger partial charge in [-0.15, -0.1) is 0 Å². The summed E-state index contributed by atoms with van der Waals surface area (Å²) in [4.78, 5) is 28.2. The molecule has 7 nitrogen and oxygen atoms in total. The van der Waals surface area contributed by atoms with E-state index < -0.39 is 11.4 Å². The van der Waals surface area contributed by atoms with Crippen LogP contribution < -0.4 is 0 Å². The summed E-state index contributed by atoms with van der Waals surface area (Å²) in [5.74, 6) is -1.23. The van der Waals surface area contributed by atoms with Gasteiger partial charge in [0.2, 0.25) is 0 Å². The number of nitrogens with one attached hydrogen (secondary N) is 1. The lowest BCUT2D eigenvalue weighted by molar-refractivity contribution is -0.143. The molecule has 2 aromatic carbocycles. The Bertz CT molecular complexity index is 1190. The lowest BCUT2D eigenvalue weighted by Gasteiger charge is -2.35. The normalized spacial score (nSPS) is 17.8. The van der Waals surface area contributed by atoms with Crippen molar-refractivity contribution in [1.29, 1.82) is 0 Å². The van der Waals surface area contributed by atoms with Crippen molar-refractivity contribution < 1.29 is 19.1 Å². The van der Waals surface area contributed by atoms with Gasteiger partial charge in [0, 0.05) is 31.6 Å². The van der Waals surface area contributed by atoms with Crippen molar-refractivity contribution >= 4 is 22.7 Å². The van der Waals surface area contributed by atoms with E-state index in [2.05, 4.69) is 10.2 Å². The molecule has 2 aliphatic rings. The van der Waals surface area contributed by atoms with E-state index in [4.69, 9.17) is 0 Å². The zero-order valence-electron chi connectivity index (χ0n) is 17.2. The van der Waals surface area contributed by atoms with Crippen molar-refractivity contribution in [2.24, 2.45) is 0 Å². The molecule has 1 saturated heterocycles. The number of benzene rings is 2. The zero-order valence-corrected chi connectivity index (χ0v) is 17.2. The third kappa shape index (κ3) is 3.46. The molecule has 8 heteroatoms. The topological polar surface area (TPSA) is 89.5 Å². The summed E-state index contributed by atoms with van der Waals surface area (Å²) in [6.45, 7) is 3.24. The summed E-state index contributed by atoms with van der Waals surface area (Å²) in [5.41, 5.74) is 2.10. The molecule has 0 spiro atoms. The molecular weight excluding hydrogens is 399 g/mol. The van der Waals surface area contributed by atoms with Crippen LogP contribution in [0.25, 0.3) is 22.0 Å². The van der Waals surface area contributed by atoms with Crippen LogP contribution in [0.5, 0.6) is 0 Å². The molecule has 160 valence electrons. The van der Waals surface area contributed by atoms with Gasteiger partial charge in [0.15, 0.2) is 0 Å². The number of rotatable bonds is 3. The predicted octanol–water partition coefficient (Wildman–Crippen LogP) is 2.49. The number of carbonyl (C=O) groups excluding carboxylic acids is 2. The average Bonchev–Trinajstić information content (AvgIpc) is 3.44. The first kappa shape index (κ1) is 19.7. The van der Waals surface area contributed by atoms with E-state index in [1.54, 1.807) is 15.9 Å². The van der Waals surface area contributed by atoms with Crippen molar-refractivity contribution in [2.45, 2.75) is 25.4 Å². The fourth-order valence-electron chi connectivity index (χ4n) is 4.11. The van der Waals surface area contributed by atoms with Crippen LogP contribution >= 0.6 is 0 Å². The first-order chi connectivity index (χ1) is 14.9. The van der Waals surface area contributed by atoms with Crippen LogP contribution in [0.2, 0.25) is 0 Å². The Morgan fingerprint density at radius 3 is 2.35 bits per heavy atom. The molecule has 2 fully saturated rings. The van der Waals surface area contributed by atoms with Gasteiger partial charge in [0.05, 0.1) is 16.8 Å². The highest BCUT2D eigenvalue weighted by Gasteiger charge is 2.50. The number of hydrogen-bond acceptors (Lipinski definition) is 4. The zero-order chi connectivity index (χ0) is 21.8. The number of fused-ring (bicyclic) bond motifs is 1. The molecule has 3 aromatic rings. The lowest BCUT2D eigenvalue weighted by atomic mass is 10.0. The number of H-pyrrole nitrogens is 1. The summed E-state index contributed by atoms with van der Waals surface area (Å²) >= 11 is 0. The second kappa shape index (κ2) is 7.16. The van der Waals surface area contributed by atoms with Gasteiger partial charge < -0.3 is 14.9 Å². The van der Waals surface area contributed by atoms with Gasteiger partial charge in [-0.1, -0.05) is 18.2 Å². The van der Waals surface area contributed by atoms with E-state index in [0.29, 0.717) is 44.6 Å². The second-order valence-electron chi connectivity index (χ2n) is 8.38. The van der Waals surface area contributed by atoms with E-state index in [1.165, 1.54) is 12.1 Å². The smallest absolute Gasteiger partial charge is 0.256 e. The maximum atomic E-state index is 14.9. The summed E-state index contributed by atoms with van der Waals surface area (Å²) in [6.07, 6.45) is 0.991. The maximum Gasteiger partial charge on any atom is 0.256 e. The first-order valence-corrected chi connectivity index (χ1v) is 10.4. The van der Waals surface area contributed by atoms with Gasteiger partial charge in [-0.3, -0.25) is 14.7 Å². The Balaban J connectivity index is 1.30. The largest absolute Gasteiger partial charge is 0.380 e. The van der Waals surface area contributed by atoms with E-state index >= 15 is 0 Å². The van der Waals surface area contributed by atoms with E-state index in [0.717, 1.165) is 22.2 Å². The number of aromatic nitrogens is 2. The quantitative estimate of drug-likeness (QED) is 0.679. The molecule has 2 N–H and O–H groups in total. The molecule has 31 heavy (non-hydrogen) atoms. The molecule has 2 heterocycles. The minimum atomic E-state index is -1.20. The van der Waals surface area contributed by atoms with E-state index in [1.807, 2.05) is 25.1 Å². The van der Waals surface area contributed by atoms with E-state index in [-0.39, 0.29) is 17.4 Å². The molecule has 1 aliphatic carbocycles. The average molecular weight is 422 g/mol. The Kier molecular flexibility index (Phi) is 4.55. The fourth-order valence-corrected chi connectivity index (χ4v) is 4.11. The van der Waals surface area contributed by atoms with Gasteiger partial charge in [0.1, 0.15) is 11.4 Å². The number of aromatic amines is 1. The Morgan fingerprint density at radius 1 is 1.03 bits per heavy atom. The Hall–Kier alpha value is -3.26. The van der Waals surface area contributed by atoms with Crippen molar-refractivity contribution in [3.8, 4) is 11.1 Å². The van der Waals surface area contributed by atoms with Crippen LogP contribution in [0.4, 0.5) is 4.39 Å². The molecule has 0 bridgehead atoms. The van der Waals surface area contributed by atoms with Gasteiger partial charge in [0.25, 0.3) is 11.8 Å². The van der Waals surface area contributed by atoms with Gasteiger partial charge in [-0.05, 0) is 49.1 Å². The van der Waals surface area contributed by atoms with Crippen molar-refractivity contribution in [3.05, 3.63) is 53.5 Å². The van der Waals surface area contributed by atoms with Crippen LogP contribution in [-0.4, -0.2) is 68.7 Å². The third-order valence-electron chi connectivity index (χ3n) is 6.26. The molecular formula is C23H23FN4O3. The Morgan fingerprint density at radius 2 is 1.68 bits per heavy atom. The van der Waals surface area contributed by atoms with Gasteiger partial charge in [-0.2, -0.15) is 5.10 Å². The molecule has 0 unspecified atom stereocenters. The fraction of sp³-hybridized carbons (Fsp3) is 0.348. The molecule has 1 aromatic heterocycles. The number of hydrogen-bond donors (Lipinski definition) is 2. The Labute approximate surface area is 178 Å². The minimum absolute atomic E-state index is 0.0165. The number of aliphatic hydroxyl groups is 1. The number of halogens is 1. The van der Waals surface area contributed by atoms with Crippen molar-refractivity contribution in [2.75, 3.05) is 26.2 Å². The number of nitrogens with zero attached hydrogens (tertiary/aromatic N) is 3. The highest BCUT2D eigenvalue weighted by Crippen LogP contribution is 2.37. The minimum Gasteiger partial charge on any atom is -0.380 e. The first-order valence-electron chi connectivity index (χ1n) is 10.4. The van der Waals surface area contributed by atoms with Crippen LogP contribution in [-0.2, 0) is 4.79 Å². The number of piperazine rings is 1. The molecule has 0 atom stereocenters. The summed E-state index contributed by atoms with van der Waals surface area (Å²) in [5, 5.41) is 18.2. The molecule has 1 aliphatic heterocycles.